The van der Waals surface area contributed by atoms with E-state index in [0.717, 1.165) is 15.6 Å². The van der Waals surface area contributed by atoms with E-state index in [2.05, 4.69) is 26.2 Å². The number of hydrogen-bond acceptors (Lipinski definition) is 2. The fourth-order valence-corrected chi connectivity index (χ4v) is 2.30. The van der Waals surface area contributed by atoms with Gasteiger partial charge in [-0.15, -0.1) is 0 Å². The van der Waals surface area contributed by atoms with E-state index >= 15 is 0 Å². The summed E-state index contributed by atoms with van der Waals surface area (Å²) in [5.74, 6) is -0.320. The van der Waals surface area contributed by atoms with Crippen molar-refractivity contribution in [2.24, 2.45) is 0 Å². The van der Waals surface area contributed by atoms with Crippen molar-refractivity contribution in [2.75, 3.05) is 7.05 Å². The summed E-state index contributed by atoms with van der Waals surface area (Å²) in [6, 6.07) is 7.55. The molecule has 0 fully saturated rings. The van der Waals surface area contributed by atoms with Crippen LogP contribution in [0, 0.1) is 12.7 Å². The van der Waals surface area contributed by atoms with Crippen molar-refractivity contribution in [1.29, 1.82) is 0 Å². The molecule has 2 rings (SSSR count). The molecule has 2 aromatic rings. The van der Waals surface area contributed by atoms with Crippen molar-refractivity contribution in [1.82, 2.24) is 10.3 Å². The molecule has 1 unspecified atom stereocenters. The van der Waals surface area contributed by atoms with E-state index in [4.69, 9.17) is 0 Å². The number of hydrogen-bond donors (Lipinski definition) is 1. The maximum Gasteiger partial charge on any atom is 0.141 e. The molecule has 0 aliphatic rings. The van der Waals surface area contributed by atoms with Gasteiger partial charge in [-0.3, -0.25) is 4.98 Å². The molecule has 0 saturated carbocycles. The molecule has 0 saturated heterocycles. The zero-order chi connectivity index (χ0) is 13.1. The Bertz CT molecular complexity index is 557. The van der Waals surface area contributed by atoms with Crippen LogP contribution in [0.2, 0.25) is 0 Å². The van der Waals surface area contributed by atoms with Gasteiger partial charge in [-0.1, -0.05) is 28.1 Å². The van der Waals surface area contributed by atoms with Gasteiger partial charge in [0.15, 0.2) is 0 Å². The summed E-state index contributed by atoms with van der Waals surface area (Å²) < 4.78 is 14.3. The van der Waals surface area contributed by atoms with E-state index in [0.29, 0.717) is 0 Å². The van der Waals surface area contributed by atoms with Crippen LogP contribution >= 0.6 is 15.9 Å². The zero-order valence-electron chi connectivity index (χ0n) is 10.2. The van der Waals surface area contributed by atoms with Gasteiger partial charge in [-0.05, 0) is 42.8 Å². The minimum absolute atomic E-state index is 0.0647. The molecule has 0 radical (unpaired) electrons. The predicted octanol–water partition coefficient (Wildman–Crippen LogP) is 3.60. The lowest BCUT2D eigenvalue weighted by molar-refractivity contribution is 0.608. The standard InChI is InChI=1S/C14H14BrFN2/c1-9-3-4-10(6-13(9)15)14(17-2)11-5-12(16)8-18-7-11/h3-8,14,17H,1-2H3. The quantitative estimate of drug-likeness (QED) is 0.937. The Morgan fingerprint density at radius 3 is 2.61 bits per heavy atom. The van der Waals surface area contributed by atoms with E-state index < -0.39 is 0 Å². The summed E-state index contributed by atoms with van der Waals surface area (Å²) in [4.78, 5) is 3.89. The first kappa shape index (κ1) is 13.2. The molecule has 1 heterocycles. The van der Waals surface area contributed by atoms with E-state index in [1.54, 1.807) is 6.20 Å². The Hall–Kier alpha value is -1.26. The number of aryl methyl sites for hydroxylation is 1. The largest absolute Gasteiger partial charge is 0.309 e. The van der Waals surface area contributed by atoms with Crippen LogP contribution in [-0.4, -0.2) is 12.0 Å². The average molecular weight is 309 g/mol. The molecule has 1 atom stereocenters. The van der Waals surface area contributed by atoms with Gasteiger partial charge in [-0.25, -0.2) is 4.39 Å². The Morgan fingerprint density at radius 2 is 2.00 bits per heavy atom. The summed E-state index contributed by atoms with van der Waals surface area (Å²) >= 11 is 3.51. The van der Waals surface area contributed by atoms with Crippen LogP contribution in [0.5, 0.6) is 0 Å². The van der Waals surface area contributed by atoms with E-state index in [1.807, 2.05) is 32.2 Å². The third kappa shape index (κ3) is 2.76. The van der Waals surface area contributed by atoms with Gasteiger partial charge in [0.05, 0.1) is 12.2 Å². The van der Waals surface area contributed by atoms with Crippen LogP contribution in [0.3, 0.4) is 0 Å². The number of nitrogens with zero attached hydrogens (tertiary/aromatic N) is 1. The molecule has 1 aromatic heterocycles. The second-order valence-corrected chi connectivity index (χ2v) is 5.02. The summed E-state index contributed by atoms with van der Waals surface area (Å²) in [5, 5.41) is 3.18. The molecular formula is C14H14BrFN2. The van der Waals surface area contributed by atoms with Crippen LogP contribution in [0.1, 0.15) is 22.7 Å². The molecule has 0 aliphatic carbocycles. The van der Waals surface area contributed by atoms with Crippen LogP contribution in [0.15, 0.2) is 41.1 Å². The Balaban J connectivity index is 2.42. The molecule has 1 aromatic carbocycles. The van der Waals surface area contributed by atoms with Crippen LogP contribution in [0.25, 0.3) is 0 Å². The number of aromatic nitrogens is 1. The van der Waals surface area contributed by atoms with Crippen molar-refractivity contribution >= 4 is 15.9 Å². The second-order valence-electron chi connectivity index (χ2n) is 4.17. The summed E-state index contributed by atoms with van der Waals surface area (Å²) in [6.07, 6.45) is 2.89. The van der Waals surface area contributed by atoms with E-state index in [-0.39, 0.29) is 11.9 Å². The van der Waals surface area contributed by atoms with Crippen molar-refractivity contribution in [3.05, 3.63) is 63.6 Å². The maximum absolute atomic E-state index is 13.2. The Morgan fingerprint density at radius 1 is 1.22 bits per heavy atom. The van der Waals surface area contributed by atoms with Gasteiger partial charge in [0.2, 0.25) is 0 Å². The zero-order valence-corrected chi connectivity index (χ0v) is 11.8. The normalized spacial score (nSPS) is 12.4. The van der Waals surface area contributed by atoms with Crippen LogP contribution < -0.4 is 5.32 Å². The van der Waals surface area contributed by atoms with Crippen molar-refractivity contribution in [2.45, 2.75) is 13.0 Å². The van der Waals surface area contributed by atoms with E-state index in [1.165, 1.54) is 17.8 Å². The highest BCUT2D eigenvalue weighted by molar-refractivity contribution is 9.10. The van der Waals surface area contributed by atoms with E-state index in [9.17, 15) is 4.39 Å². The van der Waals surface area contributed by atoms with Gasteiger partial charge in [-0.2, -0.15) is 0 Å². The minimum atomic E-state index is -0.320. The van der Waals surface area contributed by atoms with Gasteiger partial charge in [0.1, 0.15) is 5.82 Å². The first-order valence-corrected chi connectivity index (χ1v) is 6.45. The van der Waals surface area contributed by atoms with Gasteiger partial charge >= 0.3 is 0 Å². The minimum Gasteiger partial charge on any atom is -0.309 e. The van der Waals surface area contributed by atoms with Crippen molar-refractivity contribution in [3.63, 3.8) is 0 Å². The fraction of sp³-hybridized carbons (Fsp3) is 0.214. The monoisotopic (exact) mass is 308 g/mol. The summed E-state index contributed by atoms with van der Waals surface area (Å²) in [6.45, 7) is 2.03. The lowest BCUT2D eigenvalue weighted by Gasteiger charge is -2.17. The van der Waals surface area contributed by atoms with Crippen molar-refractivity contribution in [3.8, 4) is 0 Å². The van der Waals surface area contributed by atoms with Gasteiger partial charge < -0.3 is 5.32 Å². The molecule has 0 amide bonds. The molecular weight excluding hydrogens is 295 g/mol. The number of benzene rings is 1. The predicted molar refractivity (Wildman–Crippen MR) is 74.0 cm³/mol. The second kappa shape index (κ2) is 5.59. The molecule has 94 valence electrons. The molecule has 18 heavy (non-hydrogen) atoms. The highest BCUT2D eigenvalue weighted by atomic mass is 79.9. The highest BCUT2D eigenvalue weighted by Gasteiger charge is 2.13. The SMILES string of the molecule is CNC(c1cncc(F)c1)c1ccc(C)c(Br)c1. The maximum atomic E-state index is 13.2. The number of nitrogens with one attached hydrogen (secondary N) is 1. The van der Waals surface area contributed by atoms with Gasteiger partial charge in [0, 0.05) is 10.7 Å². The van der Waals surface area contributed by atoms with Gasteiger partial charge in [0.25, 0.3) is 0 Å². The average Bonchev–Trinajstić information content (AvgIpc) is 2.35. The summed E-state index contributed by atoms with van der Waals surface area (Å²) in [7, 11) is 1.85. The molecule has 0 spiro atoms. The summed E-state index contributed by atoms with van der Waals surface area (Å²) in [5.41, 5.74) is 3.06. The fourth-order valence-electron chi connectivity index (χ4n) is 1.90. The lowest BCUT2D eigenvalue weighted by Crippen LogP contribution is -2.18. The molecule has 4 heteroatoms. The van der Waals surface area contributed by atoms with Crippen LogP contribution in [0.4, 0.5) is 4.39 Å². The number of halogens is 2. The third-order valence-electron chi connectivity index (χ3n) is 2.88. The van der Waals surface area contributed by atoms with Crippen molar-refractivity contribution < 1.29 is 4.39 Å². The molecule has 2 nitrogen and oxygen atoms in total. The smallest absolute Gasteiger partial charge is 0.141 e. The van der Waals surface area contributed by atoms with Crippen LogP contribution in [-0.2, 0) is 0 Å². The Kier molecular flexibility index (Phi) is 4.09. The number of pyridine rings is 1. The topological polar surface area (TPSA) is 24.9 Å². The molecule has 0 bridgehead atoms. The molecule has 0 aliphatic heterocycles. The first-order valence-electron chi connectivity index (χ1n) is 5.65. The Labute approximate surface area is 114 Å². The first-order chi connectivity index (χ1) is 8.61. The number of rotatable bonds is 3. The highest BCUT2D eigenvalue weighted by Crippen LogP contribution is 2.26. The third-order valence-corrected chi connectivity index (χ3v) is 3.73. The molecule has 1 N–H and O–H groups in total. The lowest BCUT2D eigenvalue weighted by atomic mass is 9.99.